The molecule has 1 heterocycles. The average molecular weight is 418 g/mol. The zero-order valence-corrected chi connectivity index (χ0v) is 19.0. The molecule has 2 bridgehead atoms. The van der Waals surface area contributed by atoms with Gasteiger partial charge in [0.1, 0.15) is 22.7 Å². The Kier molecular flexibility index (Phi) is 5.02. The van der Waals surface area contributed by atoms with E-state index in [1.807, 2.05) is 0 Å². The SMILES string of the molecule is COc1c(CB2OC3CC4CC(C4(C)C)[C@]3(C)O2)cc(F)cc1C(=O)OC(C)(C)C. The highest BCUT2D eigenvalue weighted by molar-refractivity contribution is 6.45. The van der Waals surface area contributed by atoms with E-state index in [-0.39, 0.29) is 22.7 Å². The van der Waals surface area contributed by atoms with Crippen LogP contribution in [-0.2, 0) is 20.4 Å². The monoisotopic (exact) mass is 418 g/mol. The van der Waals surface area contributed by atoms with E-state index in [9.17, 15) is 9.18 Å². The third-order valence-corrected chi connectivity index (χ3v) is 7.34. The highest BCUT2D eigenvalue weighted by Gasteiger charge is 2.67. The van der Waals surface area contributed by atoms with Crippen LogP contribution in [0, 0.1) is 23.1 Å². The van der Waals surface area contributed by atoms with Crippen LogP contribution in [0.25, 0.3) is 0 Å². The van der Waals surface area contributed by atoms with Crippen molar-refractivity contribution in [3.63, 3.8) is 0 Å². The number of ether oxygens (including phenoxy) is 2. The Balaban J connectivity index is 1.58. The van der Waals surface area contributed by atoms with Crippen LogP contribution >= 0.6 is 0 Å². The average Bonchev–Trinajstić information content (AvgIpc) is 2.94. The Morgan fingerprint density at radius 3 is 2.57 bits per heavy atom. The molecule has 5 rings (SSSR count). The first kappa shape index (κ1) is 21.6. The zero-order chi connectivity index (χ0) is 22.1. The summed E-state index contributed by atoms with van der Waals surface area (Å²) < 4.78 is 38.1. The van der Waals surface area contributed by atoms with Crippen LogP contribution in [0.3, 0.4) is 0 Å². The molecule has 7 heteroatoms. The van der Waals surface area contributed by atoms with Crippen LogP contribution in [0.4, 0.5) is 4.39 Å². The minimum atomic E-state index is -0.690. The number of rotatable bonds is 4. The van der Waals surface area contributed by atoms with E-state index in [0.717, 1.165) is 12.5 Å². The Morgan fingerprint density at radius 2 is 1.97 bits per heavy atom. The van der Waals surface area contributed by atoms with Crippen LogP contribution < -0.4 is 4.74 Å². The molecule has 0 radical (unpaired) electrons. The van der Waals surface area contributed by atoms with Gasteiger partial charge in [0.15, 0.2) is 0 Å². The van der Waals surface area contributed by atoms with Gasteiger partial charge >= 0.3 is 13.1 Å². The van der Waals surface area contributed by atoms with E-state index >= 15 is 0 Å². The van der Waals surface area contributed by atoms with Crippen LogP contribution in [0.5, 0.6) is 5.75 Å². The third-order valence-electron chi connectivity index (χ3n) is 7.34. The quantitative estimate of drug-likeness (QED) is 0.529. The van der Waals surface area contributed by atoms with Crippen molar-refractivity contribution >= 4 is 13.1 Å². The Hall–Kier alpha value is -1.60. The zero-order valence-electron chi connectivity index (χ0n) is 19.0. The maximum absolute atomic E-state index is 14.4. The molecule has 1 aliphatic heterocycles. The van der Waals surface area contributed by atoms with E-state index in [1.165, 1.54) is 19.6 Å². The molecule has 4 aliphatic rings. The molecular weight excluding hydrogens is 386 g/mol. The minimum Gasteiger partial charge on any atom is -0.496 e. The maximum Gasteiger partial charge on any atom is 0.462 e. The van der Waals surface area contributed by atoms with Gasteiger partial charge in [0, 0.05) is 6.32 Å². The van der Waals surface area contributed by atoms with Gasteiger partial charge < -0.3 is 18.8 Å². The molecular formula is C23H32BFO5. The largest absolute Gasteiger partial charge is 0.496 e. The molecule has 3 aliphatic carbocycles. The fourth-order valence-corrected chi connectivity index (χ4v) is 5.75. The molecule has 0 spiro atoms. The summed E-state index contributed by atoms with van der Waals surface area (Å²) in [5, 5.41) is 0. The predicted octanol–water partition coefficient (Wildman–Crippen LogP) is 4.60. The molecule has 30 heavy (non-hydrogen) atoms. The number of halogens is 1. The topological polar surface area (TPSA) is 54.0 Å². The van der Waals surface area contributed by atoms with Gasteiger partial charge in [-0.1, -0.05) is 13.8 Å². The van der Waals surface area contributed by atoms with E-state index in [2.05, 4.69) is 20.8 Å². The van der Waals surface area contributed by atoms with Gasteiger partial charge in [-0.3, -0.25) is 0 Å². The summed E-state index contributed by atoms with van der Waals surface area (Å²) in [5.74, 6) is 0.284. The number of carbonyl (C=O) groups is 1. The maximum atomic E-state index is 14.4. The van der Waals surface area contributed by atoms with Gasteiger partial charge in [-0.05, 0) is 75.5 Å². The van der Waals surface area contributed by atoms with Crippen molar-refractivity contribution in [2.75, 3.05) is 7.11 Å². The second kappa shape index (κ2) is 6.96. The first-order valence-electron chi connectivity index (χ1n) is 10.8. The number of hydrogen-bond acceptors (Lipinski definition) is 5. The summed E-state index contributed by atoms with van der Waals surface area (Å²) in [6, 6.07) is 2.54. The Morgan fingerprint density at radius 1 is 1.27 bits per heavy atom. The van der Waals surface area contributed by atoms with Gasteiger partial charge in [0.05, 0.1) is 18.8 Å². The molecule has 4 atom stereocenters. The van der Waals surface area contributed by atoms with Crippen molar-refractivity contribution in [2.45, 2.75) is 78.0 Å². The third kappa shape index (κ3) is 3.44. The van der Waals surface area contributed by atoms with Gasteiger partial charge in [-0.15, -0.1) is 0 Å². The fraction of sp³-hybridized carbons (Fsp3) is 0.696. The lowest BCUT2D eigenvalue weighted by atomic mass is 9.43. The molecule has 0 aromatic heterocycles. The van der Waals surface area contributed by atoms with Crippen molar-refractivity contribution in [2.24, 2.45) is 17.3 Å². The van der Waals surface area contributed by atoms with Gasteiger partial charge in [-0.2, -0.15) is 0 Å². The summed E-state index contributed by atoms with van der Waals surface area (Å²) in [5.41, 5.74) is -0.157. The molecule has 5 nitrogen and oxygen atoms in total. The summed E-state index contributed by atoms with van der Waals surface area (Å²) in [4.78, 5) is 12.6. The molecule has 1 saturated heterocycles. The van der Waals surface area contributed by atoms with Gasteiger partial charge in [0.25, 0.3) is 0 Å². The number of hydrogen-bond donors (Lipinski definition) is 0. The standard InChI is InChI=1S/C23H32BFO5/c1-21(2,3)28-20(26)16-11-15(25)8-13(19(16)27-7)12-24-29-18-10-14-9-17(22(14,4)5)23(18,6)30-24/h8,11,14,17-18H,9-10,12H2,1-7H3/t14?,17?,18?,23-/m0/s1. The van der Waals surface area contributed by atoms with Crippen LogP contribution in [0.2, 0.25) is 0 Å². The van der Waals surface area contributed by atoms with Crippen molar-refractivity contribution in [1.82, 2.24) is 0 Å². The number of methoxy groups -OCH3 is 1. The Bertz CT molecular complexity index is 864. The molecule has 1 aromatic rings. The number of carbonyl (C=O) groups excluding carboxylic acids is 1. The number of benzene rings is 1. The summed E-state index contributed by atoms with van der Waals surface area (Å²) in [6.07, 6.45) is 2.51. The van der Waals surface area contributed by atoms with Crippen molar-refractivity contribution in [3.05, 3.63) is 29.1 Å². The second-order valence-corrected chi connectivity index (χ2v) is 10.7. The minimum absolute atomic E-state index is 0.0455. The predicted molar refractivity (Wildman–Crippen MR) is 112 cm³/mol. The van der Waals surface area contributed by atoms with Crippen LogP contribution in [0.15, 0.2) is 12.1 Å². The van der Waals surface area contributed by atoms with Gasteiger partial charge in [-0.25, -0.2) is 9.18 Å². The molecule has 0 amide bonds. The van der Waals surface area contributed by atoms with E-state index < -0.39 is 24.5 Å². The van der Waals surface area contributed by atoms with Crippen LogP contribution in [0.1, 0.15) is 70.3 Å². The summed E-state index contributed by atoms with van der Waals surface area (Å²) in [7, 11) is 0.969. The smallest absolute Gasteiger partial charge is 0.462 e. The van der Waals surface area contributed by atoms with Crippen molar-refractivity contribution < 1.29 is 28.0 Å². The summed E-state index contributed by atoms with van der Waals surface area (Å²) in [6.45, 7) is 12.1. The lowest BCUT2D eigenvalue weighted by Gasteiger charge is -2.64. The van der Waals surface area contributed by atoms with Crippen molar-refractivity contribution in [1.29, 1.82) is 0 Å². The lowest BCUT2D eigenvalue weighted by Crippen LogP contribution is -2.65. The molecule has 3 unspecified atom stereocenters. The normalized spacial score (nSPS) is 31.7. The fourth-order valence-electron chi connectivity index (χ4n) is 5.75. The van der Waals surface area contributed by atoms with Gasteiger partial charge in [0.2, 0.25) is 0 Å². The molecule has 3 saturated carbocycles. The number of esters is 1. The molecule has 1 aromatic carbocycles. The summed E-state index contributed by atoms with van der Waals surface area (Å²) >= 11 is 0. The van der Waals surface area contributed by atoms with E-state index in [1.54, 1.807) is 20.8 Å². The van der Waals surface area contributed by atoms with E-state index in [4.69, 9.17) is 18.8 Å². The van der Waals surface area contributed by atoms with E-state index in [0.29, 0.717) is 29.5 Å². The van der Waals surface area contributed by atoms with Crippen LogP contribution in [-0.4, -0.2) is 37.5 Å². The molecule has 164 valence electrons. The van der Waals surface area contributed by atoms with Crippen molar-refractivity contribution in [3.8, 4) is 5.75 Å². The molecule has 0 N–H and O–H groups in total. The first-order valence-corrected chi connectivity index (χ1v) is 10.8. The lowest BCUT2D eigenvalue weighted by molar-refractivity contribution is -0.199. The first-order chi connectivity index (χ1) is 13.8. The molecule has 4 fully saturated rings. The Labute approximate surface area is 178 Å². The second-order valence-electron chi connectivity index (χ2n) is 10.7. The highest BCUT2D eigenvalue weighted by atomic mass is 19.1. The highest BCUT2D eigenvalue weighted by Crippen LogP contribution is 2.65.